The number of carbonyl (C=O) groups excluding carboxylic acids is 1. The van der Waals surface area contributed by atoms with Gasteiger partial charge in [0.15, 0.2) is 0 Å². The first kappa shape index (κ1) is 18.1. The van der Waals surface area contributed by atoms with E-state index >= 15 is 0 Å². The number of aromatic amines is 1. The molecule has 0 saturated heterocycles. The molecule has 1 aromatic heterocycles. The molecule has 0 radical (unpaired) electrons. The van der Waals surface area contributed by atoms with Crippen molar-refractivity contribution in [3.63, 3.8) is 0 Å². The van der Waals surface area contributed by atoms with E-state index in [1.807, 2.05) is 0 Å². The monoisotopic (exact) mass is 337 g/mol. The van der Waals surface area contributed by atoms with Crippen molar-refractivity contribution in [2.45, 2.75) is 0 Å². The second kappa shape index (κ2) is 6.90. The van der Waals surface area contributed by atoms with Gasteiger partial charge < -0.3 is 9.90 Å². The van der Waals surface area contributed by atoms with Crippen LogP contribution >= 0.6 is 0 Å². The molecule has 1 aromatic carbocycles. The molecule has 0 spiro atoms. The summed E-state index contributed by atoms with van der Waals surface area (Å²) in [4.78, 5) is 22.3. The molecule has 0 fully saturated rings. The maximum atomic E-state index is 11.7. The predicted octanol–water partition coefficient (Wildman–Crippen LogP) is -3.85. The number of carboxylic acid groups (broad SMARTS) is 1. The Kier molecular flexibility index (Phi) is 5.96. The van der Waals surface area contributed by atoms with Gasteiger partial charge in [-0.25, -0.2) is 13.1 Å². The summed E-state index contributed by atoms with van der Waals surface area (Å²) in [5, 5.41) is 13.2. The minimum atomic E-state index is -3.50. The number of hydrogen-bond acceptors (Lipinski definition) is 5. The first-order valence-electron chi connectivity index (χ1n) is 5.38. The molecule has 2 aromatic rings. The standard InChI is InChI=1S/C11H11N3O5S.K.H2/c1-20(18,19)13-9-6-10(15)14(12-9)8-4-2-7(3-5-8)11(16)17;;/h2-6,12-13H,1H3,(H,16,17);;1H/q;+1;/p-1. The average Bonchev–Trinajstić information content (AvgIpc) is 2.67. The number of sulfonamides is 1. The first-order chi connectivity index (χ1) is 9.26. The number of aromatic carboxylic acids is 1. The van der Waals surface area contributed by atoms with Crippen LogP contribution in [0.2, 0.25) is 0 Å². The molecule has 2 N–H and O–H groups in total. The Morgan fingerprint density at radius 3 is 2.38 bits per heavy atom. The molecule has 8 nitrogen and oxygen atoms in total. The summed E-state index contributed by atoms with van der Waals surface area (Å²) >= 11 is 0. The van der Waals surface area contributed by atoms with E-state index in [9.17, 15) is 23.1 Å². The molecule has 0 unspecified atom stereocenters. The van der Waals surface area contributed by atoms with Crippen LogP contribution in [-0.4, -0.2) is 30.4 Å². The Bertz CT molecular complexity index is 813. The maximum absolute atomic E-state index is 11.7. The molecule has 0 atom stereocenters. The number of rotatable bonds is 4. The maximum Gasteiger partial charge on any atom is 1.00 e. The van der Waals surface area contributed by atoms with Gasteiger partial charge in [0.2, 0.25) is 10.0 Å². The molecule has 108 valence electrons. The van der Waals surface area contributed by atoms with Gasteiger partial charge in [0, 0.05) is 7.49 Å². The fraction of sp³-hybridized carbons (Fsp3) is 0.0909. The Morgan fingerprint density at radius 2 is 1.90 bits per heavy atom. The minimum Gasteiger partial charge on any atom is -0.545 e. The van der Waals surface area contributed by atoms with Gasteiger partial charge in [0.1, 0.15) is 5.82 Å². The van der Waals surface area contributed by atoms with Crippen molar-refractivity contribution in [1.82, 2.24) is 9.78 Å². The van der Waals surface area contributed by atoms with Crippen molar-refractivity contribution >= 4 is 21.8 Å². The Hall–Kier alpha value is -0.914. The third-order valence-electron chi connectivity index (χ3n) is 2.38. The SMILES string of the molecule is CS(=O)(=O)Nc1cc(=O)n(-c2ccc(C(=O)[O-])cc2)[nH]1.[HH].[K+]. The number of nitrogens with one attached hydrogen (secondary N) is 2. The van der Waals surface area contributed by atoms with Crippen LogP contribution in [-0.2, 0) is 10.0 Å². The molecule has 0 amide bonds. The summed E-state index contributed by atoms with van der Waals surface area (Å²) in [6, 6.07) is 6.43. The number of benzene rings is 1. The summed E-state index contributed by atoms with van der Waals surface area (Å²) in [5.74, 6) is -1.31. The van der Waals surface area contributed by atoms with E-state index in [0.717, 1.165) is 17.0 Å². The van der Waals surface area contributed by atoms with Gasteiger partial charge in [-0.3, -0.25) is 14.6 Å². The topological polar surface area (TPSA) is 124 Å². The van der Waals surface area contributed by atoms with Crippen molar-refractivity contribution in [2.75, 3.05) is 11.0 Å². The summed E-state index contributed by atoms with van der Waals surface area (Å²) in [6.45, 7) is 0. The van der Waals surface area contributed by atoms with E-state index in [4.69, 9.17) is 0 Å². The fourth-order valence-electron chi connectivity index (χ4n) is 1.59. The van der Waals surface area contributed by atoms with Gasteiger partial charge in [0.05, 0.1) is 17.9 Å². The summed E-state index contributed by atoms with van der Waals surface area (Å²) in [5.41, 5.74) is -0.151. The molecule has 0 aliphatic carbocycles. The van der Waals surface area contributed by atoms with Crippen LogP contribution in [0.1, 0.15) is 11.8 Å². The number of anilines is 1. The van der Waals surface area contributed by atoms with Crippen molar-refractivity contribution < 1.29 is 71.1 Å². The van der Waals surface area contributed by atoms with E-state index in [1.54, 1.807) is 0 Å². The number of aromatic nitrogens is 2. The molecule has 10 heteroatoms. The van der Waals surface area contributed by atoms with Gasteiger partial charge in [0.25, 0.3) is 5.56 Å². The fourth-order valence-corrected chi connectivity index (χ4v) is 2.09. The normalized spacial score (nSPS) is 10.7. The molecule has 2 rings (SSSR count). The minimum absolute atomic E-state index is 0. The average molecular weight is 337 g/mol. The largest absolute Gasteiger partial charge is 1.00 e. The number of H-pyrrole nitrogens is 1. The van der Waals surface area contributed by atoms with Crippen LogP contribution in [0.25, 0.3) is 5.69 Å². The van der Waals surface area contributed by atoms with Gasteiger partial charge >= 0.3 is 51.4 Å². The molecule has 0 aliphatic heterocycles. The molecular formula is C11H12KN3O5S. The van der Waals surface area contributed by atoms with E-state index in [-0.39, 0.29) is 64.2 Å². The molecule has 0 aliphatic rings. The van der Waals surface area contributed by atoms with Crippen LogP contribution in [0.5, 0.6) is 0 Å². The first-order valence-corrected chi connectivity index (χ1v) is 7.27. The zero-order chi connectivity index (χ0) is 14.9. The van der Waals surface area contributed by atoms with Crippen LogP contribution in [0, 0.1) is 0 Å². The van der Waals surface area contributed by atoms with Gasteiger partial charge in [-0.05, 0) is 17.7 Å². The van der Waals surface area contributed by atoms with Gasteiger partial charge in [-0.1, -0.05) is 12.1 Å². The van der Waals surface area contributed by atoms with Crippen molar-refractivity contribution in [2.24, 2.45) is 0 Å². The van der Waals surface area contributed by atoms with Gasteiger partial charge in [-0.15, -0.1) is 0 Å². The van der Waals surface area contributed by atoms with Crippen molar-refractivity contribution in [3.05, 3.63) is 46.2 Å². The van der Waals surface area contributed by atoms with E-state index < -0.39 is 21.6 Å². The summed E-state index contributed by atoms with van der Waals surface area (Å²) in [6.07, 6.45) is 0.956. The molecular weight excluding hydrogens is 325 g/mol. The second-order valence-electron chi connectivity index (χ2n) is 4.05. The number of nitrogens with zero attached hydrogens (tertiary/aromatic N) is 1. The van der Waals surface area contributed by atoms with Crippen LogP contribution in [0.3, 0.4) is 0 Å². The Labute approximate surface area is 164 Å². The zero-order valence-electron chi connectivity index (χ0n) is 11.3. The van der Waals surface area contributed by atoms with E-state index in [0.29, 0.717) is 5.69 Å². The quantitative estimate of drug-likeness (QED) is 0.553. The van der Waals surface area contributed by atoms with Crippen molar-refractivity contribution in [1.29, 1.82) is 0 Å². The van der Waals surface area contributed by atoms with Gasteiger partial charge in [-0.2, -0.15) is 0 Å². The third kappa shape index (κ3) is 4.80. The summed E-state index contributed by atoms with van der Waals surface area (Å²) in [7, 11) is -3.50. The summed E-state index contributed by atoms with van der Waals surface area (Å²) < 4.78 is 25.3. The number of carbonyl (C=O) groups is 1. The number of hydrogen-bond donors (Lipinski definition) is 2. The third-order valence-corrected chi connectivity index (χ3v) is 2.97. The molecule has 0 bridgehead atoms. The second-order valence-corrected chi connectivity index (χ2v) is 5.80. The predicted molar refractivity (Wildman–Crippen MR) is 71.3 cm³/mol. The van der Waals surface area contributed by atoms with Crippen LogP contribution < -0.4 is 66.8 Å². The van der Waals surface area contributed by atoms with Crippen molar-refractivity contribution in [3.8, 4) is 5.69 Å². The zero-order valence-corrected chi connectivity index (χ0v) is 15.2. The molecule has 1 heterocycles. The molecule has 21 heavy (non-hydrogen) atoms. The smallest absolute Gasteiger partial charge is 0.545 e. The Balaban J connectivity index is 0.00000220. The molecule has 0 saturated carbocycles. The van der Waals surface area contributed by atoms with Crippen LogP contribution in [0.15, 0.2) is 35.1 Å². The van der Waals surface area contributed by atoms with E-state index in [1.165, 1.54) is 24.3 Å². The Morgan fingerprint density at radius 1 is 1.33 bits per heavy atom. The van der Waals surface area contributed by atoms with E-state index in [2.05, 4.69) is 9.82 Å². The number of carboxylic acids is 1. The van der Waals surface area contributed by atoms with Crippen LogP contribution in [0.4, 0.5) is 5.82 Å².